The van der Waals surface area contributed by atoms with E-state index in [0.717, 1.165) is 0 Å². The molecule has 0 atom stereocenters. The number of alkyl carbamates (subject to hydrolysis) is 1. The van der Waals surface area contributed by atoms with Gasteiger partial charge in [-0.1, -0.05) is 12.7 Å². The van der Waals surface area contributed by atoms with Gasteiger partial charge in [0.1, 0.15) is 17.7 Å². The monoisotopic (exact) mass is 243 g/mol. The third-order valence-corrected chi connectivity index (χ3v) is 1.66. The van der Waals surface area contributed by atoms with Gasteiger partial charge in [-0.3, -0.25) is 0 Å². The Labute approximate surface area is 102 Å². The number of hydrogen-bond acceptors (Lipinski definition) is 4. The Morgan fingerprint density at radius 3 is 2.18 bits per heavy atom. The first-order chi connectivity index (χ1) is 7.58. The Kier molecular flexibility index (Phi) is 5.19. The molecule has 1 amide bonds. The standard InChI is InChI=1S/C12H21NO4/c1-7-8-16-9(14)12(5,6)13-10(15)17-11(2,3)4/h7H,1,8H2,2-6H3,(H,13,15). The van der Waals surface area contributed by atoms with Crippen molar-refractivity contribution in [1.29, 1.82) is 0 Å². The van der Waals surface area contributed by atoms with Gasteiger partial charge in [0.25, 0.3) is 0 Å². The van der Waals surface area contributed by atoms with Gasteiger partial charge in [-0.25, -0.2) is 9.59 Å². The summed E-state index contributed by atoms with van der Waals surface area (Å²) in [5.74, 6) is -0.539. The first-order valence-corrected chi connectivity index (χ1v) is 5.38. The van der Waals surface area contributed by atoms with Crippen LogP contribution >= 0.6 is 0 Å². The zero-order valence-corrected chi connectivity index (χ0v) is 11.1. The number of amides is 1. The van der Waals surface area contributed by atoms with Crippen molar-refractivity contribution in [2.75, 3.05) is 6.61 Å². The molecule has 0 unspecified atom stereocenters. The Balaban J connectivity index is 4.38. The Bertz CT molecular complexity index is 302. The maximum absolute atomic E-state index is 11.6. The first-order valence-electron chi connectivity index (χ1n) is 5.38. The highest BCUT2D eigenvalue weighted by Gasteiger charge is 2.32. The largest absolute Gasteiger partial charge is 0.460 e. The van der Waals surface area contributed by atoms with Gasteiger partial charge in [-0.05, 0) is 34.6 Å². The predicted octanol–water partition coefficient (Wildman–Crippen LogP) is 2.02. The van der Waals surface area contributed by atoms with Crippen LogP contribution in [0.25, 0.3) is 0 Å². The second-order valence-corrected chi connectivity index (χ2v) is 5.14. The summed E-state index contributed by atoms with van der Waals surface area (Å²) in [6.45, 7) is 11.9. The number of esters is 1. The molecule has 0 aliphatic heterocycles. The molecular weight excluding hydrogens is 222 g/mol. The van der Waals surface area contributed by atoms with Crippen LogP contribution in [0.4, 0.5) is 4.79 Å². The molecule has 0 rings (SSSR count). The fraction of sp³-hybridized carbons (Fsp3) is 0.667. The number of carbonyl (C=O) groups excluding carboxylic acids is 2. The molecule has 0 saturated heterocycles. The summed E-state index contributed by atoms with van der Waals surface area (Å²) in [4.78, 5) is 23.1. The maximum atomic E-state index is 11.6. The Morgan fingerprint density at radius 2 is 1.76 bits per heavy atom. The Hall–Kier alpha value is -1.52. The highest BCUT2D eigenvalue weighted by molar-refractivity contribution is 5.85. The summed E-state index contributed by atoms with van der Waals surface area (Å²) in [5, 5.41) is 2.45. The van der Waals surface area contributed by atoms with Gasteiger partial charge in [-0.2, -0.15) is 0 Å². The van der Waals surface area contributed by atoms with Crippen molar-refractivity contribution >= 4 is 12.1 Å². The molecule has 0 aromatic carbocycles. The smallest absolute Gasteiger partial charge is 0.408 e. The van der Waals surface area contributed by atoms with Gasteiger partial charge < -0.3 is 14.8 Å². The van der Waals surface area contributed by atoms with Gasteiger partial charge >= 0.3 is 12.1 Å². The van der Waals surface area contributed by atoms with E-state index >= 15 is 0 Å². The van der Waals surface area contributed by atoms with E-state index in [1.807, 2.05) is 0 Å². The highest BCUT2D eigenvalue weighted by Crippen LogP contribution is 2.10. The van der Waals surface area contributed by atoms with Crippen LogP contribution in [0.15, 0.2) is 12.7 Å². The second-order valence-electron chi connectivity index (χ2n) is 5.14. The summed E-state index contributed by atoms with van der Waals surface area (Å²) >= 11 is 0. The predicted molar refractivity (Wildman–Crippen MR) is 64.6 cm³/mol. The van der Waals surface area contributed by atoms with E-state index in [-0.39, 0.29) is 6.61 Å². The van der Waals surface area contributed by atoms with Crippen LogP contribution in [-0.4, -0.2) is 29.8 Å². The van der Waals surface area contributed by atoms with Crippen molar-refractivity contribution in [3.8, 4) is 0 Å². The average molecular weight is 243 g/mol. The number of rotatable bonds is 4. The number of nitrogens with one attached hydrogen (secondary N) is 1. The topological polar surface area (TPSA) is 64.6 Å². The van der Waals surface area contributed by atoms with Crippen LogP contribution in [0, 0.1) is 0 Å². The van der Waals surface area contributed by atoms with Gasteiger partial charge in [0.15, 0.2) is 0 Å². The van der Waals surface area contributed by atoms with E-state index in [2.05, 4.69) is 11.9 Å². The molecule has 98 valence electrons. The van der Waals surface area contributed by atoms with E-state index in [4.69, 9.17) is 9.47 Å². The molecule has 0 saturated carbocycles. The molecule has 0 aliphatic carbocycles. The van der Waals surface area contributed by atoms with Crippen molar-refractivity contribution in [1.82, 2.24) is 5.32 Å². The summed E-state index contributed by atoms with van der Waals surface area (Å²) in [6, 6.07) is 0. The number of hydrogen-bond donors (Lipinski definition) is 1. The fourth-order valence-electron chi connectivity index (χ4n) is 0.925. The van der Waals surface area contributed by atoms with Crippen LogP contribution < -0.4 is 5.32 Å². The van der Waals surface area contributed by atoms with E-state index in [1.54, 1.807) is 34.6 Å². The average Bonchev–Trinajstić information content (AvgIpc) is 2.09. The van der Waals surface area contributed by atoms with Crippen molar-refractivity contribution in [3.05, 3.63) is 12.7 Å². The Morgan fingerprint density at radius 1 is 1.24 bits per heavy atom. The molecular formula is C12H21NO4. The molecule has 0 spiro atoms. The minimum Gasteiger partial charge on any atom is -0.460 e. The summed E-state index contributed by atoms with van der Waals surface area (Å²) in [6.07, 6.45) is 0.805. The van der Waals surface area contributed by atoms with E-state index < -0.39 is 23.2 Å². The summed E-state index contributed by atoms with van der Waals surface area (Å²) in [7, 11) is 0. The number of carbonyl (C=O) groups is 2. The minimum atomic E-state index is -1.13. The molecule has 0 aromatic heterocycles. The molecule has 1 N–H and O–H groups in total. The lowest BCUT2D eigenvalue weighted by Gasteiger charge is -2.26. The SMILES string of the molecule is C=CCOC(=O)C(C)(C)NC(=O)OC(C)(C)C. The van der Waals surface area contributed by atoms with Crippen molar-refractivity contribution in [2.24, 2.45) is 0 Å². The van der Waals surface area contributed by atoms with Crippen molar-refractivity contribution in [2.45, 2.75) is 45.8 Å². The second kappa shape index (κ2) is 5.70. The van der Waals surface area contributed by atoms with Gasteiger partial charge in [0, 0.05) is 0 Å². The molecule has 0 bridgehead atoms. The zero-order chi connectivity index (χ0) is 13.7. The molecule has 5 nitrogen and oxygen atoms in total. The summed E-state index contributed by atoms with van der Waals surface area (Å²) in [5.41, 5.74) is -1.74. The third kappa shape index (κ3) is 6.60. The van der Waals surface area contributed by atoms with Crippen molar-refractivity contribution < 1.29 is 19.1 Å². The summed E-state index contributed by atoms with van der Waals surface area (Å²) < 4.78 is 9.91. The normalized spacial score (nSPS) is 11.6. The molecule has 17 heavy (non-hydrogen) atoms. The van der Waals surface area contributed by atoms with Gasteiger partial charge in [0.05, 0.1) is 0 Å². The van der Waals surface area contributed by atoms with Gasteiger partial charge in [-0.15, -0.1) is 0 Å². The lowest BCUT2D eigenvalue weighted by atomic mass is 10.1. The van der Waals surface area contributed by atoms with E-state index in [0.29, 0.717) is 0 Å². The molecule has 0 fully saturated rings. The zero-order valence-electron chi connectivity index (χ0n) is 11.1. The maximum Gasteiger partial charge on any atom is 0.408 e. The van der Waals surface area contributed by atoms with Crippen LogP contribution in [0.2, 0.25) is 0 Å². The molecule has 0 radical (unpaired) electrons. The van der Waals surface area contributed by atoms with E-state index in [9.17, 15) is 9.59 Å². The van der Waals surface area contributed by atoms with Crippen LogP contribution in [-0.2, 0) is 14.3 Å². The lowest BCUT2D eigenvalue weighted by Crippen LogP contribution is -2.51. The van der Waals surface area contributed by atoms with Crippen LogP contribution in [0.5, 0.6) is 0 Å². The highest BCUT2D eigenvalue weighted by atomic mass is 16.6. The van der Waals surface area contributed by atoms with Crippen LogP contribution in [0.1, 0.15) is 34.6 Å². The first kappa shape index (κ1) is 15.5. The van der Waals surface area contributed by atoms with Crippen molar-refractivity contribution in [3.63, 3.8) is 0 Å². The quantitative estimate of drug-likeness (QED) is 0.606. The number of ether oxygens (including phenoxy) is 2. The molecule has 0 heterocycles. The van der Waals surface area contributed by atoms with Gasteiger partial charge in [0.2, 0.25) is 0 Å². The van der Waals surface area contributed by atoms with E-state index in [1.165, 1.54) is 6.08 Å². The van der Waals surface area contributed by atoms with Crippen LogP contribution in [0.3, 0.4) is 0 Å². The molecule has 0 aliphatic rings. The third-order valence-electron chi connectivity index (χ3n) is 1.66. The molecule has 0 aromatic rings. The fourth-order valence-corrected chi connectivity index (χ4v) is 0.925. The lowest BCUT2D eigenvalue weighted by molar-refractivity contribution is -0.148. The molecule has 5 heteroatoms. The minimum absolute atomic E-state index is 0.109.